The van der Waals surface area contributed by atoms with Crippen LogP contribution in [0.25, 0.3) is 11.0 Å². The van der Waals surface area contributed by atoms with Crippen LogP contribution in [0.5, 0.6) is 11.5 Å². The first-order chi connectivity index (χ1) is 12.8. The average Bonchev–Trinajstić information content (AvgIpc) is 2.66. The van der Waals surface area contributed by atoms with Crippen molar-refractivity contribution >= 4 is 22.6 Å². The highest BCUT2D eigenvalue weighted by molar-refractivity contribution is 6.07. The number of alkyl halides is 3. The minimum atomic E-state index is -4.47. The Kier molecular flexibility index (Phi) is 4.85. The number of nitrogens with one attached hydrogen (secondary N) is 1. The van der Waals surface area contributed by atoms with Crippen LogP contribution in [0.3, 0.4) is 0 Å². The molecule has 0 aliphatic heterocycles. The lowest BCUT2D eigenvalue weighted by Crippen LogP contribution is -2.14. The molecule has 1 aromatic heterocycles. The van der Waals surface area contributed by atoms with E-state index in [1.807, 2.05) is 0 Å². The maximum Gasteiger partial charge on any atom is 0.416 e. The molecule has 9 heteroatoms. The predicted molar refractivity (Wildman–Crippen MR) is 92.0 cm³/mol. The monoisotopic (exact) mass is 377 g/mol. The molecule has 1 amide bonds. The fourth-order valence-electron chi connectivity index (χ4n) is 2.54. The molecule has 0 unspecified atom stereocenters. The van der Waals surface area contributed by atoms with Crippen molar-refractivity contribution in [2.45, 2.75) is 6.18 Å². The summed E-state index contributed by atoms with van der Waals surface area (Å²) in [5, 5.41) is 2.61. The third kappa shape index (κ3) is 3.62. The van der Waals surface area contributed by atoms with Crippen molar-refractivity contribution in [3.63, 3.8) is 0 Å². The van der Waals surface area contributed by atoms with Crippen LogP contribution in [-0.2, 0) is 6.18 Å². The van der Waals surface area contributed by atoms with Gasteiger partial charge < -0.3 is 14.8 Å². The number of carbonyl (C=O) groups is 1. The molecule has 0 radical (unpaired) electrons. The zero-order valence-electron chi connectivity index (χ0n) is 14.3. The number of benzene rings is 2. The van der Waals surface area contributed by atoms with Gasteiger partial charge in [0.05, 0.1) is 25.5 Å². The lowest BCUT2D eigenvalue weighted by atomic mass is 10.1. The first kappa shape index (κ1) is 18.4. The third-order valence-electron chi connectivity index (χ3n) is 3.81. The van der Waals surface area contributed by atoms with Crippen molar-refractivity contribution in [3.8, 4) is 11.5 Å². The van der Waals surface area contributed by atoms with Crippen molar-refractivity contribution < 1.29 is 27.4 Å². The fraction of sp³-hybridized carbons (Fsp3) is 0.167. The van der Waals surface area contributed by atoms with Crippen LogP contribution in [0.15, 0.2) is 42.7 Å². The van der Waals surface area contributed by atoms with Gasteiger partial charge in [0.25, 0.3) is 5.91 Å². The Labute approximate surface area is 152 Å². The van der Waals surface area contributed by atoms with E-state index in [9.17, 15) is 18.0 Å². The molecule has 0 aliphatic carbocycles. The van der Waals surface area contributed by atoms with Crippen LogP contribution >= 0.6 is 0 Å². The van der Waals surface area contributed by atoms with Crippen molar-refractivity contribution in [1.82, 2.24) is 9.97 Å². The Hall–Kier alpha value is -3.36. The van der Waals surface area contributed by atoms with Gasteiger partial charge in [0, 0.05) is 24.0 Å². The first-order valence-corrected chi connectivity index (χ1v) is 7.69. The van der Waals surface area contributed by atoms with E-state index >= 15 is 0 Å². The van der Waals surface area contributed by atoms with Crippen molar-refractivity contribution in [2.75, 3.05) is 19.5 Å². The number of ether oxygens (including phenoxy) is 2. The second kappa shape index (κ2) is 7.10. The van der Waals surface area contributed by atoms with Gasteiger partial charge in [-0.3, -0.25) is 4.79 Å². The average molecular weight is 377 g/mol. The van der Waals surface area contributed by atoms with Crippen molar-refractivity contribution in [3.05, 3.63) is 53.9 Å². The minimum Gasteiger partial charge on any atom is -0.494 e. The maximum atomic E-state index is 12.7. The van der Waals surface area contributed by atoms with E-state index in [0.717, 1.165) is 24.3 Å². The van der Waals surface area contributed by atoms with Gasteiger partial charge in [0.15, 0.2) is 5.75 Å². The zero-order valence-corrected chi connectivity index (χ0v) is 14.3. The van der Waals surface area contributed by atoms with Gasteiger partial charge in [-0.2, -0.15) is 13.2 Å². The van der Waals surface area contributed by atoms with Crippen LogP contribution in [0, 0.1) is 0 Å². The van der Waals surface area contributed by atoms with Gasteiger partial charge in [-0.15, -0.1) is 0 Å². The topological polar surface area (TPSA) is 73.3 Å². The molecule has 6 nitrogen and oxygen atoms in total. The number of anilines is 1. The molecule has 0 atom stereocenters. The Morgan fingerprint density at radius 3 is 2.19 bits per heavy atom. The standard InChI is InChI=1S/C18H14F3N3O3/c1-26-13-9-12(16(27-2)15-14(13)22-7-8-23-15)24-17(25)10-3-5-11(6-4-10)18(19,20)21/h3-9H,1-2H3,(H,24,25). The third-order valence-corrected chi connectivity index (χ3v) is 3.81. The Bertz CT molecular complexity index is 989. The van der Waals surface area contributed by atoms with E-state index in [1.165, 1.54) is 32.7 Å². The number of amides is 1. The molecule has 3 rings (SSSR count). The van der Waals surface area contributed by atoms with E-state index < -0.39 is 17.6 Å². The summed E-state index contributed by atoms with van der Waals surface area (Å²) in [7, 11) is 2.85. The molecule has 1 N–H and O–H groups in total. The van der Waals surface area contributed by atoms with Crippen LogP contribution in [0.1, 0.15) is 15.9 Å². The summed E-state index contributed by atoms with van der Waals surface area (Å²) in [6.07, 6.45) is -1.51. The predicted octanol–water partition coefficient (Wildman–Crippen LogP) is 3.92. The molecule has 27 heavy (non-hydrogen) atoms. The summed E-state index contributed by atoms with van der Waals surface area (Å²) < 4.78 is 48.6. The summed E-state index contributed by atoms with van der Waals surface area (Å²) in [5.74, 6) is 0.0214. The number of nitrogens with zero attached hydrogens (tertiary/aromatic N) is 2. The number of aromatic nitrogens is 2. The minimum absolute atomic E-state index is 0.0586. The SMILES string of the molecule is COc1cc(NC(=O)c2ccc(C(F)(F)F)cc2)c(OC)c2nccnc12. The summed E-state index contributed by atoms with van der Waals surface area (Å²) >= 11 is 0. The molecule has 2 aromatic carbocycles. The molecule has 0 fully saturated rings. The van der Waals surface area contributed by atoms with E-state index in [4.69, 9.17) is 9.47 Å². The van der Waals surface area contributed by atoms with E-state index in [-0.39, 0.29) is 17.0 Å². The highest BCUT2D eigenvalue weighted by atomic mass is 19.4. The zero-order chi connectivity index (χ0) is 19.6. The van der Waals surface area contributed by atoms with E-state index in [2.05, 4.69) is 15.3 Å². The van der Waals surface area contributed by atoms with E-state index in [1.54, 1.807) is 0 Å². The van der Waals surface area contributed by atoms with Gasteiger partial charge in [-0.05, 0) is 24.3 Å². The first-order valence-electron chi connectivity index (χ1n) is 7.69. The molecule has 0 bridgehead atoms. The summed E-state index contributed by atoms with van der Waals surface area (Å²) in [5.41, 5.74) is 0.307. The number of carbonyl (C=O) groups excluding carboxylic acids is 1. The molecule has 0 saturated heterocycles. The lowest BCUT2D eigenvalue weighted by Gasteiger charge is -2.14. The Morgan fingerprint density at radius 1 is 1.00 bits per heavy atom. The number of halogens is 3. The molecular formula is C18H14F3N3O3. The maximum absolute atomic E-state index is 12.7. The van der Waals surface area contributed by atoms with Gasteiger partial charge in [0.1, 0.15) is 16.8 Å². The second-order valence-electron chi connectivity index (χ2n) is 5.44. The Balaban J connectivity index is 1.97. The molecule has 0 spiro atoms. The smallest absolute Gasteiger partial charge is 0.416 e. The number of methoxy groups -OCH3 is 2. The second-order valence-corrected chi connectivity index (χ2v) is 5.44. The number of fused-ring (bicyclic) bond motifs is 1. The summed E-state index contributed by atoms with van der Waals surface area (Å²) in [6.45, 7) is 0. The molecule has 0 aliphatic rings. The summed E-state index contributed by atoms with van der Waals surface area (Å²) in [6, 6.07) is 5.40. The van der Waals surface area contributed by atoms with Crippen molar-refractivity contribution in [1.29, 1.82) is 0 Å². The largest absolute Gasteiger partial charge is 0.494 e. The molecule has 0 saturated carbocycles. The van der Waals surface area contributed by atoms with Crippen LogP contribution in [0.2, 0.25) is 0 Å². The van der Waals surface area contributed by atoms with Crippen LogP contribution < -0.4 is 14.8 Å². The molecule has 140 valence electrons. The quantitative estimate of drug-likeness (QED) is 0.746. The molecular weight excluding hydrogens is 363 g/mol. The van der Waals surface area contributed by atoms with Gasteiger partial charge in [-0.1, -0.05) is 0 Å². The molecule has 3 aromatic rings. The van der Waals surface area contributed by atoms with Gasteiger partial charge in [0.2, 0.25) is 0 Å². The number of rotatable bonds is 4. The Morgan fingerprint density at radius 2 is 1.63 bits per heavy atom. The highest BCUT2D eigenvalue weighted by Gasteiger charge is 2.30. The highest BCUT2D eigenvalue weighted by Crippen LogP contribution is 2.38. The summed E-state index contributed by atoms with van der Waals surface area (Å²) in [4.78, 5) is 20.8. The number of hydrogen-bond donors (Lipinski definition) is 1. The lowest BCUT2D eigenvalue weighted by molar-refractivity contribution is -0.137. The fourth-order valence-corrected chi connectivity index (χ4v) is 2.54. The van der Waals surface area contributed by atoms with E-state index in [0.29, 0.717) is 16.8 Å². The normalized spacial score (nSPS) is 11.3. The van der Waals surface area contributed by atoms with Gasteiger partial charge in [-0.25, -0.2) is 9.97 Å². The van der Waals surface area contributed by atoms with Crippen molar-refractivity contribution in [2.24, 2.45) is 0 Å². The molecule has 1 heterocycles. The van der Waals surface area contributed by atoms with Gasteiger partial charge >= 0.3 is 6.18 Å². The van der Waals surface area contributed by atoms with Crippen LogP contribution in [-0.4, -0.2) is 30.1 Å². The number of hydrogen-bond acceptors (Lipinski definition) is 5. The van der Waals surface area contributed by atoms with Crippen LogP contribution in [0.4, 0.5) is 18.9 Å².